The summed E-state index contributed by atoms with van der Waals surface area (Å²) >= 11 is 5.95. The molecule has 0 saturated heterocycles. The smallest absolute Gasteiger partial charge is 0.238 e. The lowest BCUT2D eigenvalue weighted by Gasteiger charge is -2.09. The number of carbonyl (C=O) groups is 1. The molecule has 0 aromatic heterocycles. The molecule has 1 aliphatic carbocycles. The molecule has 20 heavy (non-hydrogen) atoms. The lowest BCUT2D eigenvalue weighted by Crippen LogP contribution is -2.29. The van der Waals surface area contributed by atoms with E-state index in [0.29, 0.717) is 16.6 Å². The first kappa shape index (κ1) is 15.3. The van der Waals surface area contributed by atoms with Gasteiger partial charge in [0.1, 0.15) is 0 Å². The zero-order valence-electron chi connectivity index (χ0n) is 11.1. The first-order valence-electron chi connectivity index (χ1n) is 6.36. The van der Waals surface area contributed by atoms with E-state index >= 15 is 0 Å². The standard InChI is InChI=1S/C13H17ClN2O3S/c1-20(18,19)10-4-5-11(14)12(6-10)16-13(17)8-15-7-9-2-3-9/h4-6,9,15H,2-3,7-8H2,1H3,(H,16,17). The molecule has 0 radical (unpaired) electrons. The summed E-state index contributed by atoms with van der Waals surface area (Å²) in [7, 11) is -3.32. The number of carbonyl (C=O) groups excluding carboxylic acids is 1. The van der Waals surface area contributed by atoms with Crippen LogP contribution < -0.4 is 10.6 Å². The second kappa shape index (κ2) is 6.11. The summed E-state index contributed by atoms with van der Waals surface area (Å²) in [6.07, 6.45) is 3.55. The third-order valence-electron chi connectivity index (χ3n) is 3.06. The largest absolute Gasteiger partial charge is 0.324 e. The zero-order valence-corrected chi connectivity index (χ0v) is 12.7. The molecular weight excluding hydrogens is 300 g/mol. The first-order chi connectivity index (χ1) is 9.36. The molecule has 1 aromatic carbocycles. The van der Waals surface area contributed by atoms with Crippen molar-refractivity contribution in [3.63, 3.8) is 0 Å². The molecule has 0 unspecified atom stereocenters. The highest BCUT2D eigenvalue weighted by Gasteiger charge is 2.20. The highest BCUT2D eigenvalue weighted by Crippen LogP contribution is 2.27. The Kier molecular flexibility index (Phi) is 4.67. The quantitative estimate of drug-likeness (QED) is 0.837. The summed E-state index contributed by atoms with van der Waals surface area (Å²) in [6, 6.07) is 4.25. The van der Waals surface area contributed by atoms with E-state index in [2.05, 4.69) is 10.6 Å². The maximum atomic E-state index is 11.7. The van der Waals surface area contributed by atoms with Gasteiger partial charge in [0.25, 0.3) is 0 Å². The van der Waals surface area contributed by atoms with Gasteiger partial charge in [0.05, 0.1) is 22.2 Å². The van der Waals surface area contributed by atoms with Crippen LogP contribution in [0.15, 0.2) is 23.1 Å². The molecule has 0 atom stereocenters. The highest BCUT2D eigenvalue weighted by atomic mass is 35.5. The molecule has 7 heteroatoms. The van der Waals surface area contributed by atoms with Gasteiger partial charge >= 0.3 is 0 Å². The molecule has 0 bridgehead atoms. The summed E-state index contributed by atoms with van der Waals surface area (Å²) < 4.78 is 22.9. The zero-order chi connectivity index (χ0) is 14.8. The third-order valence-corrected chi connectivity index (χ3v) is 4.50. The van der Waals surface area contributed by atoms with Gasteiger partial charge in [-0.05, 0) is 43.5 Å². The number of hydrogen-bond acceptors (Lipinski definition) is 4. The van der Waals surface area contributed by atoms with Gasteiger partial charge < -0.3 is 10.6 Å². The van der Waals surface area contributed by atoms with Crippen LogP contribution in [0.1, 0.15) is 12.8 Å². The van der Waals surface area contributed by atoms with Crippen LogP contribution in [0, 0.1) is 5.92 Å². The van der Waals surface area contributed by atoms with Crippen molar-refractivity contribution in [3.8, 4) is 0 Å². The number of hydrogen-bond donors (Lipinski definition) is 2. The van der Waals surface area contributed by atoms with Crippen LogP contribution in [0.3, 0.4) is 0 Å². The topological polar surface area (TPSA) is 75.3 Å². The highest BCUT2D eigenvalue weighted by molar-refractivity contribution is 7.90. The van der Waals surface area contributed by atoms with E-state index in [0.717, 1.165) is 12.8 Å². The third kappa shape index (κ3) is 4.47. The van der Waals surface area contributed by atoms with E-state index in [9.17, 15) is 13.2 Å². The Morgan fingerprint density at radius 1 is 1.40 bits per heavy atom. The summed E-state index contributed by atoms with van der Waals surface area (Å²) in [5.74, 6) is 0.457. The molecular formula is C13H17ClN2O3S. The fourth-order valence-electron chi connectivity index (χ4n) is 1.74. The second-order valence-electron chi connectivity index (χ2n) is 5.04. The van der Waals surface area contributed by atoms with Crippen molar-refractivity contribution in [1.82, 2.24) is 5.32 Å². The van der Waals surface area contributed by atoms with Gasteiger partial charge in [0, 0.05) is 6.26 Å². The normalized spacial score (nSPS) is 15.1. The molecule has 1 fully saturated rings. The Morgan fingerprint density at radius 2 is 2.10 bits per heavy atom. The van der Waals surface area contributed by atoms with Crippen molar-refractivity contribution in [2.24, 2.45) is 5.92 Å². The van der Waals surface area contributed by atoms with E-state index < -0.39 is 9.84 Å². The summed E-state index contributed by atoms with van der Waals surface area (Å²) in [5, 5.41) is 5.99. The average Bonchev–Trinajstić information content (AvgIpc) is 3.14. The van der Waals surface area contributed by atoms with Gasteiger partial charge in [-0.15, -0.1) is 0 Å². The molecule has 0 spiro atoms. The lowest BCUT2D eigenvalue weighted by molar-refractivity contribution is -0.115. The maximum Gasteiger partial charge on any atom is 0.238 e. The van der Waals surface area contributed by atoms with Crippen LogP contribution in [0.25, 0.3) is 0 Å². The molecule has 2 rings (SSSR count). The van der Waals surface area contributed by atoms with Crippen LogP contribution in [0.4, 0.5) is 5.69 Å². The van der Waals surface area contributed by atoms with Gasteiger partial charge in [0.2, 0.25) is 5.91 Å². The Labute approximate surface area is 123 Å². The van der Waals surface area contributed by atoms with Crippen LogP contribution in [0.2, 0.25) is 5.02 Å². The number of amides is 1. The Balaban J connectivity index is 1.98. The number of halogens is 1. The lowest BCUT2D eigenvalue weighted by atomic mass is 10.3. The van der Waals surface area contributed by atoms with Crippen molar-refractivity contribution in [2.75, 3.05) is 24.7 Å². The number of nitrogens with one attached hydrogen (secondary N) is 2. The van der Waals surface area contributed by atoms with Crippen LogP contribution >= 0.6 is 11.6 Å². The number of benzene rings is 1. The van der Waals surface area contributed by atoms with Gasteiger partial charge in [-0.1, -0.05) is 11.6 Å². The maximum absolute atomic E-state index is 11.7. The second-order valence-corrected chi connectivity index (χ2v) is 7.46. The molecule has 2 N–H and O–H groups in total. The monoisotopic (exact) mass is 316 g/mol. The molecule has 1 aromatic rings. The minimum atomic E-state index is -3.32. The van der Waals surface area contributed by atoms with Gasteiger partial charge in [-0.25, -0.2) is 8.42 Å². The van der Waals surface area contributed by atoms with Crippen molar-refractivity contribution < 1.29 is 13.2 Å². The minimum Gasteiger partial charge on any atom is -0.324 e. The van der Waals surface area contributed by atoms with Crippen molar-refractivity contribution in [1.29, 1.82) is 0 Å². The fraction of sp³-hybridized carbons (Fsp3) is 0.462. The van der Waals surface area contributed by atoms with E-state index in [-0.39, 0.29) is 17.3 Å². The van der Waals surface area contributed by atoms with E-state index in [4.69, 9.17) is 11.6 Å². The van der Waals surface area contributed by atoms with E-state index in [1.807, 2.05) is 0 Å². The first-order valence-corrected chi connectivity index (χ1v) is 8.63. The van der Waals surface area contributed by atoms with Gasteiger partial charge in [-0.3, -0.25) is 4.79 Å². The Bertz CT molecular complexity index is 612. The van der Waals surface area contributed by atoms with Crippen LogP contribution in [-0.4, -0.2) is 33.7 Å². The number of anilines is 1. The summed E-state index contributed by atoms with van der Waals surface area (Å²) in [4.78, 5) is 11.9. The van der Waals surface area contributed by atoms with Gasteiger partial charge in [-0.2, -0.15) is 0 Å². The fourth-order valence-corrected chi connectivity index (χ4v) is 2.55. The average molecular weight is 317 g/mol. The predicted molar refractivity (Wildman–Crippen MR) is 78.8 cm³/mol. The number of sulfone groups is 1. The summed E-state index contributed by atoms with van der Waals surface area (Å²) in [6.45, 7) is 1.03. The molecule has 1 amide bonds. The van der Waals surface area contributed by atoms with E-state index in [1.54, 1.807) is 0 Å². The van der Waals surface area contributed by atoms with Gasteiger partial charge in [0.15, 0.2) is 9.84 Å². The minimum absolute atomic E-state index is 0.128. The predicted octanol–water partition coefficient (Wildman–Crippen LogP) is 1.68. The van der Waals surface area contributed by atoms with Crippen molar-refractivity contribution in [3.05, 3.63) is 23.2 Å². The SMILES string of the molecule is CS(=O)(=O)c1ccc(Cl)c(NC(=O)CNCC2CC2)c1. The summed E-state index contributed by atoms with van der Waals surface area (Å²) in [5.41, 5.74) is 0.313. The molecule has 110 valence electrons. The van der Waals surface area contributed by atoms with Crippen molar-refractivity contribution in [2.45, 2.75) is 17.7 Å². The molecule has 0 aliphatic heterocycles. The number of rotatable bonds is 6. The molecule has 0 heterocycles. The van der Waals surface area contributed by atoms with Crippen molar-refractivity contribution >= 4 is 33.0 Å². The molecule has 5 nitrogen and oxygen atoms in total. The Hall–Kier alpha value is -1.11. The Morgan fingerprint density at radius 3 is 2.70 bits per heavy atom. The van der Waals surface area contributed by atoms with Crippen LogP contribution in [0.5, 0.6) is 0 Å². The van der Waals surface area contributed by atoms with Crippen LogP contribution in [-0.2, 0) is 14.6 Å². The molecule has 1 saturated carbocycles. The molecule has 1 aliphatic rings. The van der Waals surface area contributed by atoms with E-state index in [1.165, 1.54) is 31.0 Å².